The Hall–Kier alpha value is -2.04. The maximum atomic E-state index is 13.0. The average molecular weight is 319 g/mol. The van der Waals surface area contributed by atoms with Gasteiger partial charge in [-0.05, 0) is 49.8 Å². The van der Waals surface area contributed by atoms with Crippen molar-refractivity contribution in [2.24, 2.45) is 5.92 Å². The molecule has 1 fully saturated rings. The Kier molecular flexibility index (Phi) is 4.84. The second-order valence-electron chi connectivity index (χ2n) is 6.18. The summed E-state index contributed by atoms with van der Waals surface area (Å²) in [5.74, 6) is 0.792. The number of amides is 1. The maximum absolute atomic E-state index is 13.0. The van der Waals surface area contributed by atoms with Crippen molar-refractivity contribution in [2.45, 2.75) is 38.6 Å². The molecule has 124 valence electrons. The van der Waals surface area contributed by atoms with Gasteiger partial charge in [0.15, 0.2) is 0 Å². The van der Waals surface area contributed by atoms with Crippen molar-refractivity contribution in [2.75, 3.05) is 13.2 Å². The van der Waals surface area contributed by atoms with Crippen molar-refractivity contribution in [3.63, 3.8) is 0 Å². The van der Waals surface area contributed by atoms with Gasteiger partial charge in [0.2, 0.25) is 5.76 Å². The van der Waals surface area contributed by atoms with Gasteiger partial charge in [-0.25, -0.2) is 4.39 Å². The lowest BCUT2D eigenvalue weighted by molar-refractivity contribution is -0.123. The standard InChI is InChI=1S/C18H22FNO3/c1-12-17(23-10-9-22-12)18(21)20-16-4-2-3-14(16)11-13-5-7-15(19)8-6-13/h5-8,14,16H,2-4,9-11H2,1H3,(H,20,21)/t14-,16-/m0/s1. The van der Waals surface area contributed by atoms with Crippen LogP contribution in [-0.4, -0.2) is 25.2 Å². The molecule has 2 aliphatic rings. The van der Waals surface area contributed by atoms with E-state index in [2.05, 4.69) is 5.32 Å². The summed E-state index contributed by atoms with van der Waals surface area (Å²) >= 11 is 0. The number of allylic oxidation sites excluding steroid dienone is 1. The molecule has 1 amide bonds. The predicted octanol–water partition coefficient (Wildman–Crippen LogP) is 2.93. The molecular weight excluding hydrogens is 297 g/mol. The van der Waals surface area contributed by atoms with Gasteiger partial charge in [-0.3, -0.25) is 4.79 Å². The van der Waals surface area contributed by atoms with Crippen molar-refractivity contribution in [1.82, 2.24) is 5.32 Å². The number of rotatable bonds is 4. The summed E-state index contributed by atoms with van der Waals surface area (Å²) in [6.45, 7) is 2.64. The molecule has 0 spiro atoms. The summed E-state index contributed by atoms with van der Waals surface area (Å²) < 4.78 is 23.8. The van der Waals surface area contributed by atoms with Crippen LogP contribution in [0.3, 0.4) is 0 Å². The quantitative estimate of drug-likeness (QED) is 0.928. The fraction of sp³-hybridized carbons (Fsp3) is 0.500. The second-order valence-corrected chi connectivity index (χ2v) is 6.18. The lowest BCUT2D eigenvalue weighted by Gasteiger charge is -2.24. The van der Waals surface area contributed by atoms with Crippen molar-refractivity contribution in [3.8, 4) is 0 Å². The number of hydrogen-bond donors (Lipinski definition) is 1. The first kappa shape index (κ1) is 15.8. The molecule has 3 rings (SSSR count). The number of hydrogen-bond acceptors (Lipinski definition) is 3. The van der Waals surface area contributed by atoms with E-state index < -0.39 is 0 Å². The Balaban J connectivity index is 1.62. The molecular formula is C18H22FNO3. The zero-order valence-corrected chi connectivity index (χ0v) is 13.3. The van der Waals surface area contributed by atoms with Gasteiger partial charge in [0.1, 0.15) is 24.8 Å². The molecule has 23 heavy (non-hydrogen) atoms. The summed E-state index contributed by atoms with van der Waals surface area (Å²) in [7, 11) is 0. The summed E-state index contributed by atoms with van der Waals surface area (Å²) in [5.41, 5.74) is 1.10. The molecule has 1 saturated carbocycles. The number of carbonyl (C=O) groups excluding carboxylic acids is 1. The molecule has 1 aliphatic heterocycles. The lowest BCUT2D eigenvalue weighted by atomic mass is 9.94. The summed E-state index contributed by atoms with van der Waals surface area (Å²) in [5, 5.41) is 3.08. The highest BCUT2D eigenvalue weighted by Crippen LogP contribution is 2.29. The van der Waals surface area contributed by atoms with Crippen LogP contribution in [0.15, 0.2) is 35.8 Å². The Morgan fingerprint density at radius 2 is 1.96 bits per heavy atom. The van der Waals surface area contributed by atoms with Gasteiger partial charge < -0.3 is 14.8 Å². The van der Waals surface area contributed by atoms with E-state index in [4.69, 9.17) is 9.47 Å². The highest BCUT2D eigenvalue weighted by atomic mass is 19.1. The minimum Gasteiger partial charge on any atom is -0.491 e. The van der Waals surface area contributed by atoms with E-state index in [9.17, 15) is 9.18 Å². The summed E-state index contributed by atoms with van der Waals surface area (Å²) in [4.78, 5) is 12.4. The molecule has 1 N–H and O–H groups in total. The van der Waals surface area contributed by atoms with Crippen molar-refractivity contribution >= 4 is 5.91 Å². The van der Waals surface area contributed by atoms with Crippen LogP contribution in [0, 0.1) is 11.7 Å². The van der Waals surface area contributed by atoms with E-state index in [1.807, 2.05) is 12.1 Å². The van der Waals surface area contributed by atoms with Gasteiger partial charge >= 0.3 is 0 Å². The highest BCUT2D eigenvalue weighted by Gasteiger charge is 2.31. The van der Waals surface area contributed by atoms with Gasteiger partial charge in [0.05, 0.1) is 0 Å². The third-order valence-electron chi connectivity index (χ3n) is 4.56. The molecule has 4 nitrogen and oxygen atoms in total. The molecule has 1 heterocycles. The van der Waals surface area contributed by atoms with E-state index in [1.54, 1.807) is 6.92 Å². The van der Waals surface area contributed by atoms with Crippen LogP contribution < -0.4 is 5.32 Å². The third kappa shape index (κ3) is 3.84. The molecule has 0 unspecified atom stereocenters. The third-order valence-corrected chi connectivity index (χ3v) is 4.56. The fourth-order valence-electron chi connectivity index (χ4n) is 3.36. The van der Waals surface area contributed by atoms with Crippen LogP contribution in [0.2, 0.25) is 0 Å². The van der Waals surface area contributed by atoms with E-state index in [-0.39, 0.29) is 17.8 Å². The Morgan fingerprint density at radius 3 is 2.70 bits per heavy atom. The molecule has 0 bridgehead atoms. The van der Waals surface area contributed by atoms with Gasteiger partial charge in [0, 0.05) is 6.04 Å². The van der Waals surface area contributed by atoms with Crippen molar-refractivity contribution in [1.29, 1.82) is 0 Å². The van der Waals surface area contributed by atoms with Gasteiger partial charge in [-0.2, -0.15) is 0 Å². The molecule has 2 atom stereocenters. The Morgan fingerprint density at radius 1 is 1.22 bits per heavy atom. The molecule has 0 aromatic heterocycles. The smallest absolute Gasteiger partial charge is 0.290 e. The van der Waals surface area contributed by atoms with Crippen LogP contribution >= 0.6 is 0 Å². The molecule has 1 aromatic carbocycles. The van der Waals surface area contributed by atoms with Crippen LogP contribution in [0.25, 0.3) is 0 Å². The van der Waals surface area contributed by atoms with Gasteiger partial charge in [0.25, 0.3) is 5.91 Å². The predicted molar refractivity (Wildman–Crippen MR) is 84.0 cm³/mol. The SMILES string of the molecule is CC1=C(C(=O)N[C@H]2CCC[C@H]2Cc2ccc(F)cc2)OCCO1. The molecule has 0 saturated heterocycles. The summed E-state index contributed by atoms with van der Waals surface area (Å²) in [6.07, 6.45) is 3.97. The van der Waals surface area contributed by atoms with E-state index in [0.717, 1.165) is 31.2 Å². The van der Waals surface area contributed by atoms with Gasteiger partial charge in [-0.15, -0.1) is 0 Å². The number of benzene rings is 1. The largest absolute Gasteiger partial charge is 0.491 e. The number of nitrogens with one attached hydrogen (secondary N) is 1. The lowest BCUT2D eigenvalue weighted by Crippen LogP contribution is -2.40. The van der Waals surface area contributed by atoms with Crippen LogP contribution in [0.5, 0.6) is 0 Å². The van der Waals surface area contributed by atoms with Crippen LogP contribution in [-0.2, 0) is 20.7 Å². The monoisotopic (exact) mass is 319 g/mol. The van der Waals surface area contributed by atoms with Crippen molar-refractivity contribution in [3.05, 3.63) is 47.2 Å². The van der Waals surface area contributed by atoms with E-state index in [0.29, 0.717) is 30.6 Å². The first-order valence-corrected chi connectivity index (χ1v) is 8.15. The van der Waals surface area contributed by atoms with Crippen LogP contribution in [0.4, 0.5) is 4.39 Å². The minimum atomic E-state index is -0.220. The molecule has 5 heteroatoms. The Labute approximate surface area is 135 Å². The topological polar surface area (TPSA) is 47.6 Å². The molecule has 1 aliphatic carbocycles. The van der Waals surface area contributed by atoms with Gasteiger partial charge in [-0.1, -0.05) is 18.6 Å². The van der Waals surface area contributed by atoms with E-state index in [1.165, 1.54) is 12.1 Å². The number of ether oxygens (including phenoxy) is 2. The number of halogens is 1. The number of carbonyl (C=O) groups is 1. The fourth-order valence-corrected chi connectivity index (χ4v) is 3.36. The molecule has 0 radical (unpaired) electrons. The average Bonchev–Trinajstić information content (AvgIpc) is 2.97. The van der Waals surface area contributed by atoms with Crippen molar-refractivity contribution < 1.29 is 18.7 Å². The Bertz CT molecular complexity index is 597. The molecule has 1 aromatic rings. The summed E-state index contributed by atoms with van der Waals surface area (Å²) in [6, 6.07) is 6.73. The normalized spacial score (nSPS) is 24.1. The maximum Gasteiger partial charge on any atom is 0.290 e. The zero-order valence-electron chi connectivity index (χ0n) is 13.3. The first-order chi connectivity index (χ1) is 11.1. The zero-order chi connectivity index (χ0) is 16.2. The van der Waals surface area contributed by atoms with E-state index >= 15 is 0 Å². The minimum absolute atomic E-state index is 0.123. The first-order valence-electron chi connectivity index (χ1n) is 8.15. The second kappa shape index (κ2) is 7.02. The highest BCUT2D eigenvalue weighted by molar-refractivity contribution is 5.92. The van der Waals surface area contributed by atoms with Crippen LogP contribution in [0.1, 0.15) is 31.7 Å².